The number of hydrogen-bond acceptors (Lipinski definition) is 4. The van der Waals surface area contributed by atoms with Crippen LogP contribution >= 0.6 is 11.6 Å². The zero-order chi connectivity index (χ0) is 26.8. The number of pyridine rings is 1. The number of carbonyl (C=O) groups is 1. The lowest BCUT2D eigenvalue weighted by molar-refractivity contribution is 0.0950. The van der Waals surface area contributed by atoms with E-state index in [1.54, 1.807) is 6.20 Å². The van der Waals surface area contributed by atoms with Crippen LogP contribution < -0.4 is 16.4 Å². The summed E-state index contributed by atoms with van der Waals surface area (Å²) < 4.78 is 32.0. The molecular formula is C27H20ClF2N5O3. The zero-order valence-electron chi connectivity index (χ0n) is 19.7. The highest BCUT2D eigenvalue weighted by Gasteiger charge is 2.16. The van der Waals surface area contributed by atoms with Gasteiger partial charge in [-0.1, -0.05) is 29.8 Å². The SMILES string of the molecule is O=C(NCc1ccc2[nH]cc(Cl)c2c1)c1ccc(=O)n(Cc2ccc(Cn3ccncc3=O)c(F)c2F)c1. The molecule has 0 atom stereocenters. The molecule has 5 aromatic rings. The van der Waals surface area contributed by atoms with Gasteiger partial charge in [-0.15, -0.1) is 0 Å². The lowest BCUT2D eigenvalue weighted by Gasteiger charge is -2.12. The Balaban J connectivity index is 1.32. The summed E-state index contributed by atoms with van der Waals surface area (Å²) in [6.07, 6.45) is 6.80. The molecule has 0 saturated carbocycles. The molecule has 0 radical (unpaired) electrons. The maximum atomic E-state index is 14.9. The van der Waals surface area contributed by atoms with Gasteiger partial charge in [-0.05, 0) is 23.8 Å². The first kappa shape index (κ1) is 25.1. The van der Waals surface area contributed by atoms with Gasteiger partial charge in [0.05, 0.1) is 29.9 Å². The average molecular weight is 536 g/mol. The van der Waals surface area contributed by atoms with Gasteiger partial charge < -0.3 is 19.4 Å². The number of aromatic amines is 1. The molecule has 1 amide bonds. The molecule has 0 unspecified atom stereocenters. The summed E-state index contributed by atoms with van der Waals surface area (Å²) in [6.45, 7) is -0.249. The number of benzene rings is 2. The Morgan fingerprint density at radius 2 is 1.71 bits per heavy atom. The van der Waals surface area contributed by atoms with Gasteiger partial charge in [0, 0.05) is 59.4 Å². The molecule has 192 valence electrons. The van der Waals surface area contributed by atoms with Gasteiger partial charge in [0.15, 0.2) is 11.6 Å². The van der Waals surface area contributed by atoms with Crippen LogP contribution in [0, 0.1) is 11.6 Å². The van der Waals surface area contributed by atoms with Crippen molar-refractivity contribution in [1.82, 2.24) is 24.4 Å². The second kappa shape index (κ2) is 10.4. The lowest BCUT2D eigenvalue weighted by atomic mass is 10.1. The molecule has 3 heterocycles. The molecule has 0 fully saturated rings. The molecule has 2 N–H and O–H groups in total. The Hall–Kier alpha value is -4.57. The summed E-state index contributed by atoms with van der Waals surface area (Å²) in [6, 6.07) is 10.8. The fraction of sp³-hybridized carbons (Fsp3) is 0.111. The van der Waals surface area contributed by atoms with Crippen molar-refractivity contribution in [3.05, 3.63) is 133 Å². The van der Waals surface area contributed by atoms with Crippen LogP contribution in [0.3, 0.4) is 0 Å². The number of H-pyrrole nitrogens is 1. The van der Waals surface area contributed by atoms with Crippen LogP contribution in [0.4, 0.5) is 8.78 Å². The molecular weight excluding hydrogens is 516 g/mol. The normalized spacial score (nSPS) is 11.1. The number of halogens is 3. The van der Waals surface area contributed by atoms with E-state index in [9.17, 15) is 23.2 Å². The lowest BCUT2D eigenvalue weighted by Crippen LogP contribution is -2.27. The standard InChI is InChI=1S/C27H20ClF2N5O3/c28-21-11-32-22-5-1-16(9-20(21)22)10-33-27(38)19-4-6-23(36)35(15-19)14-18-3-2-17(25(29)26(18)30)13-34-8-7-31-12-24(34)37/h1-9,11-12,15,32H,10,13-14H2,(H,33,38). The number of fused-ring (bicyclic) bond motifs is 1. The monoisotopic (exact) mass is 535 g/mol. The maximum Gasteiger partial charge on any atom is 0.269 e. The predicted octanol–water partition coefficient (Wildman–Crippen LogP) is 3.84. The van der Waals surface area contributed by atoms with E-state index < -0.39 is 28.7 Å². The predicted molar refractivity (Wildman–Crippen MR) is 138 cm³/mol. The molecule has 0 spiro atoms. The number of carbonyl (C=O) groups excluding carboxylic acids is 1. The van der Waals surface area contributed by atoms with E-state index in [0.717, 1.165) is 27.2 Å². The van der Waals surface area contributed by atoms with Crippen molar-refractivity contribution in [2.24, 2.45) is 0 Å². The fourth-order valence-electron chi connectivity index (χ4n) is 4.06. The Morgan fingerprint density at radius 3 is 2.45 bits per heavy atom. The molecule has 0 bridgehead atoms. The van der Waals surface area contributed by atoms with Crippen LogP contribution in [0.5, 0.6) is 0 Å². The van der Waals surface area contributed by atoms with E-state index in [4.69, 9.17) is 11.6 Å². The molecule has 11 heteroatoms. The van der Waals surface area contributed by atoms with Crippen molar-refractivity contribution in [3.8, 4) is 0 Å². The quantitative estimate of drug-likeness (QED) is 0.330. The van der Waals surface area contributed by atoms with Crippen molar-refractivity contribution in [1.29, 1.82) is 0 Å². The van der Waals surface area contributed by atoms with Gasteiger partial charge in [0.2, 0.25) is 0 Å². The third-order valence-corrected chi connectivity index (χ3v) is 6.43. The molecule has 0 saturated heterocycles. The third-order valence-electron chi connectivity index (χ3n) is 6.12. The first-order valence-electron chi connectivity index (χ1n) is 11.5. The van der Waals surface area contributed by atoms with Crippen LogP contribution in [-0.2, 0) is 19.6 Å². The molecule has 2 aromatic carbocycles. The maximum absolute atomic E-state index is 14.9. The largest absolute Gasteiger partial charge is 0.360 e. The zero-order valence-corrected chi connectivity index (χ0v) is 20.5. The molecule has 8 nitrogen and oxygen atoms in total. The van der Waals surface area contributed by atoms with E-state index in [0.29, 0.717) is 5.02 Å². The Morgan fingerprint density at radius 1 is 0.974 bits per heavy atom. The Kier molecular flexibility index (Phi) is 6.89. The summed E-state index contributed by atoms with van der Waals surface area (Å²) >= 11 is 6.16. The summed E-state index contributed by atoms with van der Waals surface area (Å²) in [5.74, 6) is -2.69. The minimum Gasteiger partial charge on any atom is -0.360 e. The van der Waals surface area contributed by atoms with Gasteiger partial charge in [0.25, 0.3) is 17.0 Å². The van der Waals surface area contributed by atoms with Gasteiger partial charge in [-0.3, -0.25) is 19.4 Å². The van der Waals surface area contributed by atoms with Gasteiger partial charge in [0.1, 0.15) is 0 Å². The molecule has 3 aromatic heterocycles. The number of hydrogen-bond donors (Lipinski definition) is 2. The van der Waals surface area contributed by atoms with E-state index in [1.165, 1.54) is 47.4 Å². The average Bonchev–Trinajstić information content (AvgIpc) is 3.29. The Bertz CT molecular complexity index is 1790. The summed E-state index contributed by atoms with van der Waals surface area (Å²) in [5.41, 5.74) is 0.837. The van der Waals surface area contributed by atoms with Crippen molar-refractivity contribution >= 4 is 28.4 Å². The van der Waals surface area contributed by atoms with Crippen LogP contribution in [0.2, 0.25) is 5.02 Å². The molecule has 38 heavy (non-hydrogen) atoms. The highest BCUT2D eigenvalue weighted by Crippen LogP contribution is 2.24. The minimum absolute atomic E-state index is 0.0286. The van der Waals surface area contributed by atoms with Crippen molar-refractivity contribution in [3.63, 3.8) is 0 Å². The number of rotatable bonds is 7. The smallest absolute Gasteiger partial charge is 0.269 e. The van der Waals surface area contributed by atoms with E-state index in [-0.39, 0.29) is 36.3 Å². The summed E-state index contributed by atoms with van der Waals surface area (Å²) in [7, 11) is 0. The second-order valence-electron chi connectivity index (χ2n) is 8.64. The van der Waals surface area contributed by atoms with E-state index in [2.05, 4.69) is 15.3 Å². The van der Waals surface area contributed by atoms with Crippen molar-refractivity contribution in [2.45, 2.75) is 19.6 Å². The first-order valence-corrected chi connectivity index (χ1v) is 11.9. The molecule has 0 aliphatic rings. The van der Waals surface area contributed by atoms with E-state index in [1.807, 2.05) is 18.2 Å². The topological polar surface area (TPSA) is 102 Å². The van der Waals surface area contributed by atoms with Crippen LogP contribution in [0.25, 0.3) is 10.9 Å². The Labute approximate surface area is 219 Å². The molecule has 5 rings (SSSR count). The van der Waals surface area contributed by atoms with Crippen LogP contribution in [-0.4, -0.2) is 25.0 Å². The van der Waals surface area contributed by atoms with Crippen molar-refractivity contribution < 1.29 is 13.6 Å². The minimum atomic E-state index is -1.13. The van der Waals surface area contributed by atoms with Gasteiger partial charge in [-0.25, -0.2) is 8.78 Å². The summed E-state index contributed by atoms with van der Waals surface area (Å²) in [5, 5.41) is 4.19. The fourth-order valence-corrected chi connectivity index (χ4v) is 4.27. The van der Waals surface area contributed by atoms with Crippen LogP contribution in [0.1, 0.15) is 27.0 Å². The second-order valence-corrected chi connectivity index (χ2v) is 9.04. The number of nitrogens with zero attached hydrogens (tertiary/aromatic N) is 3. The number of aromatic nitrogens is 4. The first-order chi connectivity index (χ1) is 18.3. The van der Waals surface area contributed by atoms with Crippen LogP contribution in [0.15, 0.2) is 83.0 Å². The third kappa shape index (κ3) is 5.12. The number of nitrogens with one attached hydrogen (secondary N) is 2. The van der Waals surface area contributed by atoms with E-state index >= 15 is 0 Å². The number of amides is 1. The highest BCUT2D eigenvalue weighted by molar-refractivity contribution is 6.35. The van der Waals surface area contributed by atoms with Crippen molar-refractivity contribution in [2.75, 3.05) is 0 Å². The van der Waals surface area contributed by atoms with Gasteiger partial charge in [-0.2, -0.15) is 0 Å². The van der Waals surface area contributed by atoms with Gasteiger partial charge >= 0.3 is 0 Å². The highest BCUT2D eigenvalue weighted by atomic mass is 35.5. The summed E-state index contributed by atoms with van der Waals surface area (Å²) in [4.78, 5) is 43.7. The molecule has 0 aliphatic heterocycles. The molecule has 0 aliphatic carbocycles.